The number of aromatic nitrogens is 2. The maximum Gasteiger partial charge on any atom is 0.101 e. The van der Waals surface area contributed by atoms with E-state index in [0.717, 1.165) is 25.2 Å². The Kier molecular flexibility index (Phi) is 2.19. The molecule has 1 aromatic heterocycles. The van der Waals surface area contributed by atoms with Crippen molar-refractivity contribution in [1.82, 2.24) is 14.1 Å². The molecule has 1 N–H and O–H groups in total. The van der Waals surface area contributed by atoms with Crippen LogP contribution in [0.2, 0.25) is 0 Å². The van der Waals surface area contributed by atoms with Crippen molar-refractivity contribution in [2.24, 2.45) is 0 Å². The lowest BCUT2D eigenvalue weighted by molar-refractivity contribution is 0.714. The van der Waals surface area contributed by atoms with Gasteiger partial charge in [-0.25, -0.2) is 0 Å². The third-order valence-corrected chi connectivity index (χ3v) is 2.64. The van der Waals surface area contributed by atoms with Gasteiger partial charge in [0.25, 0.3) is 0 Å². The summed E-state index contributed by atoms with van der Waals surface area (Å²) in [5, 5.41) is 3.33. The SMILES string of the molecule is CC1=C(c2cnsn2)CNCC1. The molecule has 0 saturated carbocycles. The van der Waals surface area contributed by atoms with Crippen LogP contribution in [0.15, 0.2) is 11.8 Å². The van der Waals surface area contributed by atoms with Gasteiger partial charge >= 0.3 is 0 Å². The largest absolute Gasteiger partial charge is 0.312 e. The van der Waals surface area contributed by atoms with Crippen LogP contribution in [-0.4, -0.2) is 21.8 Å². The molecule has 0 radical (unpaired) electrons. The molecule has 0 aliphatic carbocycles. The summed E-state index contributed by atoms with van der Waals surface area (Å²) in [6, 6.07) is 0. The van der Waals surface area contributed by atoms with Crippen LogP contribution in [-0.2, 0) is 0 Å². The summed E-state index contributed by atoms with van der Waals surface area (Å²) in [5.74, 6) is 0. The maximum absolute atomic E-state index is 4.22. The van der Waals surface area contributed by atoms with Gasteiger partial charge in [-0.05, 0) is 25.5 Å². The van der Waals surface area contributed by atoms with Crippen LogP contribution in [0.25, 0.3) is 5.57 Å². The van der Waals surface area contributed by atoms with Crippen molar-refractivity contribution in [2.45, 2.75) is 13.3 Å². The zero-order valence-corrected chi connectivity index (χ0v) is 7.82. The Morgan fingerprint density at radius 1 is 1.58 bits per heavy atom. The Labute approximate surface area is 75.8 Å². The van der Waals surface area contributed by atoms with Gasteiger partial charge in [0.1, 0.15) is 5.69 Å². The minimum absolute atomic E-state index is 0.942. The zero-order valence-electron chi connectivity index (χ0n) is 7.00. The Morgan fingerprint density at radius 3 is 3.17 bits per heavy atom. The van der Waals surface area contributed by atoms with Crippen LogP contribution < -0.4 is 5.32 Å². The van der Waals surface area contributed by atoms with E-state index in [1.54, 1.807) is 0 Å². The van der Waals surface area contributed by atoms with Gasteiger partial charge in [-0.2, -0.15) is 8.75 Å². The molecule has 0 unspecified atom stereocenters. The van der Waals surface area contributed by atoms with E-state index in [4.69, 9.17) is 0 Å². The molecule has 4 heteroatoms. The number of nitrogens with zero attached hydrogens (tertiary/aromatic N) is 2. The number of hydrogen-bond acceptors (Lipinski definition) is 4. The topological polar surface area (TPSA) is 37.8 Å². The molecule has 0 bridgehead atoms. The van der Waals surface area contributed by atoms with Gasteiger partial charge in [-0.15, -0.1) is 0 Å². The molecule has 12 heavy (non-hydrogen) atoms. The molecule has 0 atom stereocenters. The Morgan fingerprint density at radius 2 is 2.50 bits per heavy atom. The number of hydrogen-bond donors (Lipinski definition) is 1. The van der Waals surface area contributed by atoms with E-state index in [9.17, 15) is 0 Å². The van der Waals surface area contributed by atoms with E-state index in [2.05, 4.69) is 21.0 Å². The summed E-state index contributed by atoms with van der Waals surface area (Å²) in [4.78, 5) is 0. The third-order valence-electron chi connectivity index (χ3n) is 2.16. The molecule has 1 aliphatic rings. The molecule has 3 nitrogen and oxygen atoms in total. The van der Waals surface area contributed by atoms with Gasteiger partial charge in [0, 0.05) is 6.54 Å². The summed E-state index contributed by atoms with van der Waals surface area (Å²) >= 11 is 1.27. The summed E-state index contributed by atoms with van der Waals surface area (Å²) in [6.07, 6.45) is 2.98. The Balaban J connectivity index is 2.33. The predicted molar refractivity (Wildman–Crippen MR) is 50.0 cm³/mol. The second-order valence-corrected chi connectivity index (χ2v) is 3.54. The van der Waals surface area contributed by atoms with Crippen LogP contribution in [0.1, 0.15) is 19.0 Å². The highest BCUT2D eigenvalue weighted by Crippen LogP contribution is 2.20. The van der Waals surface area contributed by atoms with Crippen LogP contribution in [0, 0.1) is 0 Å². The molecule has 0 amide bonds. The zero-order chi connectivity index (χ0) is 8.39. The Bertz CT molecular complexity index is 289. The highest BCUT2D eigenvalue weighted by Gasteiger charge is 2.11. The monoisotopic (exact) mass is 181 g/mol. The second kappa shape index (κ2) is 3.33. The average Bonchev–Trinajstić information content (AvgIpc) is 2.57. The highest BCUT2D eigenvalue weighted by molar-refractivity contribution is 6.99. The van der Waals surface area contributed by atoms with E-state index in [1.165, 1.54) is 22.9 Å². The quantitative estimate of drug-likeness (QED) is 0.709. The fourth-order valence-electron chi connectivity index (χ4n) is 1.40. The van der Waals surface area contributed by atoms with Crippen LogP contribution >= 0.6 is 11.7 Å². The van der Waals surface area contributed by atoms with Crippen molar-refractivity contribution < 1.29 is 0 Å². The van der Waals surface area contributed by atoms with Gasteiger partial charge in [0.2, 0.25) is 0 Å². The minimum Gasteiger partial charge on any atom is -0.312 e. The summed E-state index contributed by atoms with van der Waals surface area (Å²) in [6.45, 7) is 4.21. The van der Waals surface area contributed by atoms with Crippen molar-refractivity contribution in [3.05, 3.63) is 17.5 Å². The maximum atomic E-state index is 4.22. The van der Waals surface area contributed by atoms with Crippen LogP contribution in [0.3, 0.4) is 0 Å². The lowest BCUT2D eigenvalue weighted by Crippen LogP contribution is -2.23. The van der Waals surface area contributed by atoms with Gasteiger partial charge in [0.15, 0.2) is 0 Å². The van der Waals surface area contributed by atoms with Crippen molar-refractivity contribution in [2.75, 3.05) is 13.1 Å². The first kappa shape index (κ1) is 7.89. The van der Waals surface area contributed by atoms with Crippen molar-refractivity contribution in [3.8, 4) is 0 Å². The van der Waals surface area contributed by atoms with E-state index in [1.807, 2.05) is 6.20 Å². The molecule has 1 aliphatic heterocycles. The van der Waals surface area contributed by atoms with E-state index < -0.39 is 0 Å². The standard InChI is InChI=1S/C8H11N3S/c1-6-2-3-9-4-7(6)8-5-10-12-11-8/h5,9H,2-4H2,1H3. The molecule has 1 aromatic rings. The molecule has 2 rings (SSSR count). The van der Waals surface area contributed by atoms with E-state index in [-0.39, 0.29) is 0 Å². The summed E-state index contributed by atoms with van der Waals surface area (Å²) in [5.41, 5.74) is 3.82. The fourth-order valence-corrected chi connectivity index (χ4v) is 1.84. The van der Waals surface area contributed by atoms with Crippen molar-refractivity contribution in [1.29, 1.82) is 0 Å². The normalized spacial score (nSPS) is 18.4. The smallest absolute Gasteiger partial charge is 0.101 e. The summed E-state index contributed by atoms with van der Waals surface area (Å²) in [7, 11) is 0. The fraction of sp³-hybridized carbons (Fsp3) is 0.500. The molecule has 0 spiro atoms. The third kappa shape index (κ3) is 1.40. The predicted octanol–water partition coefficient (Wildman–Crippen LogP) is 1.30. The lowest BCUT2D eigenvalue weighted by atomic mass is 10.0. The first-order chi connectivity index (χ1) is 5.88. The second-order valence-electron chi connectivity index (χ2n) is 2.98. The van der Waals surface area contributed by atoms with Gasteiger partial charge in [0.05, 0.1) is 17.9 Å². The van der Waals surface area contributed by atoms with Crippen molar-refractivity contribution in [3.63, 3.8) is 0 Å². The van der Waals surface area contributed by atoms with E-state index in [0.29, 0.717) is 0 Å². The van der Waals surface area contributed by atoms with Gasteiger partial charge < -0.3 is 5.32 Å². The molecule has 0 fully saturated rings. The van der Waals surface area contributed by atoms with Gasteiger partial charge in [-0.3, -0.25) is 0 Å². The molecule has 2 heterocycles. The Hall–Kier alpha value is -0.740. The van der Waals surface area contributed by atoms with Crippen LogP contribution in [0.4, 0.5) is 0 Å². The number of rotatable bonds is 1. The molecule has 64 valence electrons. The molecule has 0 saturated heterocycles. The van der Waals surface area contributed by atoms with E-state index >= 15 is 0 Å². The minimum atomic E-state index is 0.942. The first-order valence-electron chi connectivity index (χ1n) is 4.05. The van der Waals surface area contributed by atoms with Gasteiger partial charge in [-0.1, -0.05) is 5.57 Å². The summed E-state index contributed by atoms with van der Waals surface area (Å²) < 4.78 is 8.22. The first-order valence-corrected chi connectivity index (χ1v) is 4.78. The average molecular weight is 181 g/mol. The molecule has 0 aromatic carbocycles. The molecular weight excluding hydrogens is 170 g/mol. The highest BCUT2D eigenvalue weighted by atomic mass is 32.1. The molecular formula is C8H11N3S. The van der Waals surface area contributed by atoms with Crippen molar-refractivity contribution >= 4 is 17.3 Å². The van der Waals surface area contributed by atoms with Crippen LogP contribution in [0.5, 0.6) is 0 Å². The number of nitrogens with one attached hydrogen (secondary N) is 1. The lowest BCUT2D eigenvalue weighted by Gasteiger charge is -2.16.